The van der Waals surface area contributed by atoms with E-state index in [1.54, 1.807) is 20.8 Å². The highest BCUT2D eigenvalue weighted by Gasteiger charge is 2.18. The lowest BCUT2D eigenvalue weighted by atomic mass is 10.1. The van der Waals surface area contributed by atoms with E-state index in [1.807, 2.05) is 0 Å². The van der Waals surface area contributed by atoms with E-state index >= 15 is 0 Å². The lowest BCUT2D eigenvalue weighted by Crippen LogP contribution is -2.34. The molecule has 0 aliphatic carbocycles. The van der Waals surface area contributed by atoms with E-state index in [9.17, 15) is 14.3 Å². The summed E-state index contributed by atoms with van der Waals surface area (Å²) in [5.74, 6) is -0.818. The van der Waals surface area contributed by atoms with Gasteiger partial charge in [0, 0.05) is 6.04 Å². The van der Waals surface area contributed by atoms with Gasteiger partial charge in [-0.2, -0.15) is 0 Å². The number of benzene rings is 1. The molecule has 4 heteroatoms. The molecule has 1 unspecified atom stereocenters. The Morgan fingerprint density at radius 2 is 2.06 bits per heavy atom. The van der Waals surface area contributed by atoms with Crippen molar-refractivity contribution in [2.24, 2.45) is 0 Å². The fourth-order valence-corrected chi connectivity index (χ4v) is 1.35. The Morgan fingerprint density at radius 3 is 2.56 bits per heavy atom. The molecule has 0 bridgehead atoms. The average molecular weight is 225 g/mol. The second-order valence-electron chi connectivity index (χ2n) is 4.07. The highest BCUT2D eigenvalue weighted by molar-refractivity contribution is 5.82. The molecule has 1 rings (SSSR count). The van der Waals surface area contributed by atoms with E-state index in [0.717, 1.165) is 0 Å². The van der Waals surface area contributed by atoms with E-state index < -0.39 is 12.0 Å². The fraction of sp³-hybridized carbons (Fsp3) is 0.417. The molecule has 0 heterocycles. The van der Waals surface area contributed by atoms with Gasteiger partial charge in [0.15, 0.2) is 6.10 Å². The molecule has 1 aromatic rings. The number of carbonyl (C=O) groups excluding carboxylic acids is 1. The third-order valence-electron chi connectivity index (χ3n) is 2.18. The average Bonchev–Trinajstić information content (AvgIpc) is 2.20. The third kappa shape index (κ3) is 3.03. The van der Waals surface area contributed by atoms with Crippen molar-refractivity contribution in [3.8, 4) is 0 Å². The van der Waals surface area contributed by atoms with Gasteiger partial charge in [0.05, 0.1) is 0 Å². The molecular weight excluding hydrogens is 209 g/mol. The minimum absolute atomic E-state index is 0.0382. The van der Waals surface area contributed by atoms with Gasteiger partial charge in [-0.15, -0.1) is 0 Å². The maximum absolute atomic E-state index is 13.0. The SMILES string of the molecule is Cc1cc(C(O)C(=O)NC(C)C)ccc1F. The van der Waals surface area contributed by atoms with E-state index in [1.165, 1.54) is 18.2 Å². The van der Waals surface area contributed by atoms with Gasteiger partial charge in [-0.1, -0.05) is 12.1 Å². The largest absolute Gasteiger partial charge is 0.378 e. The zero-order chi connectivity index (χ0) is 12.3. The molecule has 0 spiro atoms. The number of aliphatic hydroxyl groups excluding tert-OH is 1. The van der Waals surface area contributed by atoms with Gasteiger partial charge in [-0.25, -0.2) is 4.39 Å². The van der Waals surface area contributed by atoms with Crippen molar-refractivity contribution in [1.29, 1.82) is 0 Å². The summed E-state index contributed by atoms with van der Waals surface area (Å²) in [4.78, 5) is 11.5. The standard InChI is InChI=1S/C12H16FNO2/c1-7(2)14-12(16)11(15)9-4-5-10(13)8(3)6-9/h4-7,11,15H,1-3H3,(H,14,16). The molecule has 0 aliphatic rings. The number of nitrogens with one attached hydrogen (secondary N) is 1. The highest BCUT2D eigenvalue weighted by atomic mass is 19.1. The summed E-state index contributed by atoms with van der Waals surface area (Å²) in [6.07, 6.45) is -1.25. The quantitative estimate of drug-likeness (QED) is 0.822. The maximum Gasteiger partial charge on any atom is 0.253 e. The van der Waals surface area contributed by atoms with Crippen molar-refractivity contribution in [1.82, 2.24) is 5.32 Å². The monoisotopic (exact) mass is 225 g/mol. The summed E-state index contributed by atoms with van der Waals surface area (Å²) < 4.78 is 13.0. The Hall–Kier alpha value is -1.42. The second kappa shape index (κ2) is 5.07. The van der Waals surface area contributed by atoms with Gasteiger partial charge in [-0.3, -0.25) is 4.79 Å². The van der Waals surface area contributed by atoms with Gasteiger partial charge in [-0.05, 0) is 38.0 Å². The summed E-state index contributed by atoms with van der Waals surface area (Å²) in [5, 5.41) is 12.3. The van der Waals surface area contributed by atoms with Crippen LogP contribution in [0.25, 0.3) is 0 Å². The summed E-state index contributed by atoms with van der Waals surface area (Å²) in [7, 11) is 0. The first kappa shape index (κ1) is 12.6. The van der Waals surface area contributed by atoms with Crippen molar-refractivity contribution in [2.45, 2.75) is 32.9 Å². The first-order valence-electron chi connectivity index (χ1n) is 5.16. The predicted octanol–water partition coefficient (Wildman–Crippen LogP) is 1.69. The van der Waals surface area contributed by atoms with E-state index in [2.05, 4.69) is 5.32 Å². The molecule has 1 amide bonds. The smallest absolute Gasteiger partial charge is 0.253 e. The minimum Gasteiger partial charge on any atom is -0.378 e. The molecule has 16 heavy (non-hydrogen) atoms. The molecule has 0 saturated carbocycles. The fourth-order valence-electron chi connectivity index (χ4n) is 1.35. The molecule has 2 N–H and O–H groups in total. The van der Waals surface area contributed by atoms with Crippen LogP contribution >= 0.6 is 0 Å². The van der Waals surface area contributed by atoms with Crippen molar-refractivity contribution in [2.75, 3.05) is 0 Å². The van der Waals surface area contributed by atoms with Crippen LogP contribution in [0.3, 0.4) is 0 Å². The molecule has 0 saturated heterocycles. The highest BCUT2D eigenvalue weighted by Crippen LogP contribution is 2.16. The van der Waals surface area contributed by atoms with E-state index in [-0.39, 0.29) is 11.9 Å². The Balaban J connectivity index is 2.83. The zero-order valence-electron chi connectivity index (χ0n) is 9.62. The summed E-state index contributed by atoms with van der Waals surface area (Å²) in [6.45, 7) is 5.20. The van der Waals surface area contributed by atoms with Crippen LogP contribution in [0, 0.1) is 12.7 Å². The van der Waals surface area contributed by atoms with Crippen LogP contribution in [0.1, 0.15) is 31.1 Å². The normalized spacial score (nSPS) is 12.6. The third-order valence-corrected chi connectivity index (χ3v) is 2.18. The Labute approximate surface area is 94.3 Å². The summed E-state index contributed by atoms with van der Waals surface area (Å²) in [5.41, 5.74) is 0.811. The number of rotatable bonds is 3. The van der Waals surface area contributed by atoms with Gasteiger partial charge < -0.3 is 10.4 Å². The lowest BCUT2D eigenvalue weighted by Gasteiger charge is -2.14. The van der Waals surface area contributed by atoms with Crippen LogP contribution < -0.4 is 5.32 Å². The number of carbonyl (C=O) groups is 1. The molecule has 0 radical (unpaired) electrons. The Kier molecular flexibility index (Phi) is 4.01. The first-order valence-corrected chi connectivity index (χ1v) is 5.16. The van der Waals surface area contributed by atoms with Crippen molar-refractivity contribution in [3.63, 3.8) is 0 Å². The van der Waals surface area contributed by atoms with Gasteiger partial charge in [0.1, 0.15) is 5.82 Å². The number of hydrogen-bond acceptors (Lipinski definition) is 2. The van der Waals surface area contributed by atoms with Crippen molar-refractivity contribution in [3.05, 3.63) is 35.1 Å². The predicted molar refractivity (Wildman–Crippen MR) is 59.4 cm³/mol. The van der Waals surface area contributed by atoms with Crippen LogP contribution in [0.15, 0.2) is 18.2 Å². The summed E-state index contributed by atoms with van der Waals surface area (Å²) in [6, 6.07) is 4.09. The van der Waals surface area contributed by atoms with E-state index in [0.29, 0.717) is 11.1 Å². The summed E-state index contributed by atoms with van der Waals surface area (Å²) >= 11 is 0. The first-order chi connectivity index (χ1) is 7.41. The van der Waals surface area contributed by atoms with Gasteiger partial charge in [0.25, 0.3) is 5.91 Å². The van der Waals surface area contributed by atoms with Crippen molar-refractivity contribution >= 4 is 5.91 Å². The Bertz CT molecular complexity index is 391. The molecular formula is C12H16FNO2. The number of halogens is 1. The number of hydrogen-bond donors (Lipinski definition) is 2. The molecule has 1 aromatic carbocycles. The minimum atomic E-state index is -1.25. The molecule has 88 valence electrons. The molecule has 0 aliphatic heterocycles. The Morgan fingerprint density at radius 1 is 1.44 bits per heavy atom. The number of amides is 1. The molecule has 0 fully saturated rings. The van der Waals surface area contributed by atoms with Crippen LogP contribution in [-0.4, -0.2) is 17.1 Å². The van der Waals surface area contributed by atoms with Crippen LogP contribution in [0.4, 0.5) is 4.39 Å². The molecule has 1 atom stereocenters. The number of aliphatic hydroxyl groups is 1. The molecule has 0 aromatic heterocycles. The molecule has 3 nitrogen and oxygen atoms in total. The lowest BCUT2D eigenvalue weighted by molar-refractivity contribution is -0.130. The van der Waals surface area contributed by atoms with Crippen LogP contribution in [0.5, 0.6) is 0 Å². The number of aryl methyl sites for hydroxylation is 1. The van der Waals surface area contributed by atoms with E-state index in [4.69, 9.17) is 0 Å². The topological polar surface area (TPSA) is 49.3 Å². The van der Waals surface area contributed by atoms with Crippen LogP contribution in [-0.2, 0) is 4.79 Å². The van der Waals surface area contributed by atoms with Gasteiger partial charge >= 0.3 is 0 Å². The zero-order valence-corrected chi connectivity index (χ0v) is 9.62. The van der Waals surface area contributed by atoms with Crippen LogP contribution in [0.2, 0.25) is 0 Å². The maximum atomic E-state index is 13.0. The second-order valence-corrected chi connectivity index (χ2v) is 4.07. The van der Waals surface area contributed by atoms with Gasteiger partial charge in [0.2, 0.25) is 0 Å². The van der Waals surface area contributed by atoms with Crippen molar-refractivity contribution < 1.29 is 14.3 Å².